The predicted octanol–water partition coefficient (Wildman–Crippen LogP) is 3.34. The first-order valence-electron chi connectivity index (χ1n) is 6.40. The summed E-state index contributed by atoms with van der Waals surface area (Å²) in [5, 5.41) is 16.0. The van der Waals surface area contributed by atoms with E-state index in [0.29, 0.717) is 16.3 Å². The van der Waals surface area contributed by atoms with E-state index in [0.717, 1.165) is 4.47 Å². The molecule has 120 valence electrons. The van der Waals surface area contributed by atoms with Gasteiger partial charge in [-0.2, -0.15) is 5.10 Å². The Hall–Kier alpha value is -2.26. The summed E-state index contributed by atoms with van der Waals surface area (Å²) in [5.74, 6) is 0.138. The highest BCUT2D eigenvalue weighted by Gasteiger charge is 2.11. The topological polar surface area (TPSA) is 93.8 Å². The highest BCUT2D eigenvalue weighted by molar-refractivity contribution is 9.10. The second-order valence-electron chi connectivity index (χ2n) is 4.40. The molecule has 0 aliphatic rings. The van der Waals surface area contributed by atoms with Crippen LogP contribution in [0.3, 0.4) is 0 Å². The van der Waals surface area contributed by atoms with Gasteiger partial charge in [0.1, 0.15) is 5.75 Å². The number of nitrogens with zero attached hydrogens (tertiary/aromatic N) is 2. The standard InChI is InChI=1S/C14H12BrN3O4S/c1-9(13-6-11(8-23-13)18(20)21)16-17-14(19)7-22-12-4-2-3-10(15)5-12/h2-6,8H,7H2,1H3,(H,17,19)/b16-9+. The third kappa shape index (κ3) is 5.15. The van der Waals surface area contributed by atoms with Crippen molar-refractivity contribution in [1.82, 2.24) is 5.43 Å². The van der Waals surface area contributed by atoms with Crippen LogP contribution in [0.2, 0.25) is 0 Å². The van der Waals surface area contributed by atoms with Crippen LogP contribution in [0.25, 0.3) is 0 Å². The fourth-order valence-corrected chi connectivity index (χ4v) is 2.74. The molecule has 0 spiro atoms. The molecular weight excluding hydrogens is 386 g/mol. The van der Waals surface area contributed by atoms with Gasteiger partial charge in [-0.3, -0.25) is 14.9 Å². The van der Waals surface area contributed by atoms with Crippen molar-refractivity contribution in [1.29, 1.82) is 0 Å². The number of halogens is 1. The molecule has 0 saturated carbocycles. The van der Waals surface area contributed by atoms with Gasteiger partial charge in [0.25, 0.3) is 11.6 Å². The van der Waals surface area contributed by atoms with Crippen molar-refractivity contribution in [3.63, 3.8) is 0 Å². The number of benzene rings is 1. The van der Waals surface area contributed by atoms with Crippen LogP contribution in [0.4, 0.5) is 5.69 Å². The molecule has 1 aromatic carbocycles. The van der Waals surface area contributed by atoms with E-state index in [4.69, 9.17) is 4.74 Å². The van der Waals surface area contributed by atoms with Gasteiger partial charge in [-0.25, -0.2) is 5.43 Å². The number of amides is 1. The number of ether oxygens (including phenoxy) is 1. The lowest BCUT2D eigenvalue weighted by molar-refractivity contribution is -0.384. The molecule has 0 aliphatic carbocycles. The normalized spacial score (nSPS) is 11.1. The smallest absolute Gasteiger partial charge is 0.280 e. The maximum absolute atomic E-state index is 11.7. The molecule has 0 saturated heterocycles. The summed E-state index contributed by atoms with van der Waals surface area (Å²) in [5.41, 5.74) is 2.84. The molecule has 2 rings (SSSR count). The summed E-state index contributed by atoms with van der Waals surface area (Å²) in [4.78, 5) is 22.5. The largest absolute Gasteiger partial charge is 0.484 e. The Balaban J connectivity index is 1.88. The number of rotatable bonds is 6. The van der Waals surface area contributed by atoms with E-state index in [2.05, 4.69) is 26.5 Å². The van der Waals surface area contributed by atoms with Crippen molar-refractivity contribution in [2.24, 2.45) is 5.10 Å². The minimum atomic E-state index is -0.475. The summed E-state index contributed by atoms with van der Waals surface area (Å²) in [6.07, 6.45) is 0. The Morgan fingerprint density at radius 1 is 1.48 bits per heavy atom. The minimum absolute atomic E-state index is 0.00358. The summed E-state index contributed by atoms with van der Waals surface area (Å²) < 4.78 is 6.17. The zero-order valence-electron chi connectivity index (χ0n) is 12.0. The zero-order valence-corrected chi connectivity index (χ0v) is 14.4. The van der Waals surface area contributed by atoms with Crippen molar-refractivity contribution in [3.8, 4) is 5.75 Å². The number of nitro groups is 1. The lowest BCUT2D eigenvalue weighted by atomic mass is 10.3. The summed E-state index contributed by atoms with van der Waals surface area (Å²) in [6.45, 7) is 1.48. The Labute approximate surface area is 144 Å². The van der Waals surface area contributed by atoms with Crippen molar-refractivity contribution in [3.05, 3.63) is 55.2 Å². The second kappa shape index (κ2) is 7.84. The van der Waals surface area contributed by atoms with Gasteiger partial charge in [0.2, 0.25) is 0 Å². The molecule has 2 aromatic rings. The van der Waals surface area contributed by atoms with Gasteiger partial charge in [-0.15, -0.1) is 11.3 Å². The molecule has 0 aliphatic heterocycles. The molecule has 1 N–H and O–H groups in total. The summed E-state index contributed by atoms with van der Waals surface area (Å²) in [6, 6.07) is 8.53. The molecule has 0 atom stereocenters. The highest BCUT2D eigenvalue weighted by Crippen LogP contribution is 2.21. The Bertz CT molecular complexity index is 760. The number of carbonyl (C=O) groups is 1. The maximum atomic E-state index is 11.7. The molecule has 0 bridgehead atoms. The van der Waals surface area contributed by atoms with Crippen LogP contribution in [0.1, 0.15) is 11.8 Å². The predicted molar refractivity (Wildman–Crippen MR) is 91.0 cm³/mol. The van der Waals surface area contributed by atoms with E-state index in [1.165, 1.54) is 22.8 Å². The third-order valence-electron chi connectivity index (χ3n) is 2.67. The first-order valence-corrected chi connectivity index (χ1v) is 8.08. The Morgan fingerprint density at radius 3 is 2.91 bits per heavy atom. The summed E-state index contributed by atoms with van der Waals surface area (Å²) in [7, 11) is 0. The lowest BCUT2D eigenvalue weighted by Crippen LogP contribution is -2.25. The third-order valence-corrected chi connectivity index (χ3v) is 4.19. The van der Waals surface area contributed by atoms with Gasteiger partial charge in [0.05, 0.1) is 20.9 Å². The van der Waals surface area contributed by atoms with Crippen LogP contribution in [0, 0.1) is 10.1 Å². The van der Waals surface area contributed by atoms with Gasteiger partial charge < -0.3 is 4.74 Å². The molecule has 7 nitrogen and oxygen atoms in total. The number of nitrogens with one attached hydrogen (secondary N) is 1. The number of hydrogen-bond donors (Lipinski definition) is 1. The summed E-state index contributed by atoms with van der Waals surface area (Å²) >= 11 is 4.50. The second-order valence-corrected chi connectivity index (χ2v) is 6.23. The Kier molecular flexibility index (Phi) is 5.83. The number of thiophene rings is 1. The molecule has 9 heteroatoms. The van der Waals surface area contributed by atoms with E-state index >= 15 is 0 Å². The number of hydrogen-bond acceptors (Lipinski definition) is 6. The van der Waals surface area contributed by atoms with Crippen molar-refractivity contribution < 1.29 is 14.5 Å². The zero-order chi connectivity index (χ0) is 16.8. The van der Waals surface area contributed by atoms with Crippen LogP contribution >= 0.6 is 27.3 Å². The molecule has 0 unspecified atom stereocenters. The number of hydrazone groups is 1. The first-order chi connectivity index (χ1) is 11.0. The minimum Gasteiger partial charge on any atom is -0.484 e. The fraction of sp³-hybridized carbons (Fsp3) is 0.143. The van der Waals surface area contributed by atoms with E-state index in [1.54, 1.807) is 25.1 Å². The molecule has 23 heavy (non-hydrogen) atoms. The van der Waals surface area contributed by atoms with Crippen molar-refractivity contribution in [2.75, 3.05) is 6.61 Å². The van der Waals surface area contributed by atoms with E-state index in [-0.39, 0.29) is 12.3 Å². The SMILES string of the molecule is C/C(=N\NC(=O)COc1cccc(Br)c1)c1cc([N+](=O)[O-])cs1. The van der Waals surface area contributed by atoms with Crippen molar-refractivity contribution in [2.45, 2.75) is 6.92 Å². The average Bonchev–Trinajstić information content (AvgIpc) is 3.01. The average molecular weight is 398 g/mol. The van der Waals surface area contributed by atoms with Gasteiger partial charge in [-0.1, -0.05) is 22.0 Å². The van der Waals surface area contributed by atoms with E-state index in [1.807, 2.05) is 6.07 Å². The van der Waals surface area contributed by atoms with Gasteiger partial charge in [-0.05, 0) is 25.1 Å². The van der Waals surface area contributed by atoms with Gasteiger partial charge in [0, 0.05) is 10.5 Å². The van der Waals surface area contributed by atoms with E-state index in [9.17, 15) is 14.9 Å². The molecule has 1 heterocycles. The molecular formula is C14H12BrN3O4S. The van der Waals surface area contributed by atoms with Crippen molar-refractivity contribution >= 4 is 44.6 Å². The quantitative estimate of drug-likeness (QED) is 0.459. The van der Waals surface area contributed by atoms with Crippen LogP contribution in [0.5, 0.6) is 5.75 Å². The molecule has 0 fully saturated rings. The van der Waals surface area contributed by atoms with Crippen LogP contribution in [-0.2, 0) is 4.79 Å². The van der Waals surface area contributed by atoms with Gasteiger partial charge in [0.15, 0.2) is 6.61 Å². The molecule has 0 radical (unpaired) electrons. The van der Waals surface area contributed by atoms with E-state index < -0.39 is 10.8 Å². The molecule has 1 amide bonds. The Morgan fingerprint density at radius 2 is 2.26 bits per heavy atom. The van der Waals surface area contributed by atoms with Gasteiger partial charge >= 0.3 is 0 Å². The highest BCUT2D eigenvalue weighted by atomic mass is 79.9. The van der Waals surface area contributed by atoms with Crippen LogP contribution in [0.15, 0.2) is 45.3 Å². The van der Waals surface area contributed by atoms with Crippen LogP contribution < -0.4 is 10.2 Å². The molecule has 1 aromatic heterocycles. The first kappa shape index (κ1) is 17.1. The number of carbonyl (C=O) groups excluding carboxylic acids is 1. The monoisotopic (exact) mass is 397 g/mol. The fourth-order valence-electron chi connectivity index (χ4n) is 1.55. The maximum Gasteiger partial charge on any atom is 0.280 e. The van der Waals surface area contributed by atoms with Crippen LogP contribution in [-0.4, -0.2) is 23.1 Å². The lowest BCUT2D eigenvalue weighted by Gasteiger charge is -2.05.